The lowest BCUT2D eigenvalue weighted by atomic mass is 9.99. The summed E-state index contributed by atoms with van der Waals surface area (Å²) in [7, 11) is 1.29. The summed E-state index contributed by atoms with van der Waals surface area (Å²) in [6.07, 6.45) is -0.145. The monoisotopic (exact) mass is 375 g/mol. The normalized spacial score (nSPS) is 14.3. The number of methoxy groups -OCH3 is 1. The lowest BCUT2D eigenvalue weighted by Crippen LogP contribution is -2.49. The Labute approximate surface area is 157 Å². The van der Waals surface area contributed by atoms with Crippen LogP contribution in [0.5, 0.6) is 5.75 Å². The predicted molar refractivity (Wildman–Crippen MR) is 101 cm³/mol. The quantitative estimate of drug-likeness (QED) is 0.590. The summed E-state index contributed by atoms with van der Waals surface area (Å²) in [4.78, 5) is 35.9. The van der Waals surface area contributed by atoms with E-state index in [4.69, 9.17) is 13.9 Å². The molecule has 0 aliphatic rings. The molecule has 2 aromatic rings. The fraction of sp³-hybridized carbons (Fsp3) is 0.450. The molecule has 0 saturated heterocycles. The summed E-state index contributed by atoms with van der Waals surface area (Å²) in [5, 5.41) is 3.48. The van der Waals surface area contributed by atoms with Gasteiger partial charge in [0.2, 0.25) is 0 Å². The third kappa shape index (κ3) is 4.87. The molecular formula is C20H25NO6. The van der Waals surface area contributed by atoms with Gasteiger partial charge in [-0.1, -0.05) is 20.3 Å². The second kappa shape index (κ2) is 8.70. The second-order valence-electron chi connectivity index (χ2n) is 6.56. The highest BCUT2D eigenvalue weighted by atomic mass is 16.5. The number of amides is 1. The highest BCUT2D eigenvalue weighted by molar-refractivity contribution is 5.87. The second-order valence-corrected chi connectivity index (χ2v) is 6.56. The van der Waals surface area contributed by atoms with Crippen molar-refractivity contribution in [2.45, 2.75) is 46.3 Å². The van der Waals surface area contributed by atoms with E-state index in [-0.39, 0.29) is 5.92 Å². The number of ether oxygens (including phenoxy) is 2. The Bertz CT molecular complexity index is 888. The molecule has 0 aliphatic carbocycles. The molecule has 0 unspecified atom stereocenters. The number of hydrogen-bond donors (Lipinski definition) is 1. The maximum Gasteiger partial charge on any atom is 0.336 e. The fourth-order valence-electron chi connectivity index (χ4n) is 2.70. The van der Waals surface area contributed by atoms with Crippen LogP contribution >= 0.6 is 0 Å². The zero-order valence-corrected chi connectivity index (χ0v) is 16.2. The number of esters is 1. The molecule has 0 radical (unpaired) electrons. The molecule has 0 fully saturated rings. The van der Waals surface area contributed by atoms with E-state index in [2.05, 4.69) is 5.32 Å². The molecule has 3 atom stereocenters. The van der Waals surface area contributed by atoms with Crippen LogP contribution in [0, 0.1) is 12.8 Å². The first-order valence-electron chi connectivity index (χ1n) is 8.86. The van der Waals surface area contributed by atoms with E-state index in [1.807, 2.05) is 20.8 Å². The van der Waals surface area contributed by atoms with E-state index >= 15 is 0 Å². The Kier molecular flexibility index (Phi) is 6.60. The molecule has 0 bridgehead atoms. The van der Waals surface area contributed by atoms with Crippen LogP contribution in [-0.2, 0) is 14.3 Å². The van der Waals surface area contributed by atoms with Crippen LogP contribution < -0.4 is 15.7 Å². The maximum absolute atomic E-state index is 12.5. The van der Waals surface area contributed by atoms with Gasteiger partial charge in [0.25, 0.3) is 5.91 Å². The van der Waals surface area contributed by atoms with Gasteiger partial charge in [-0.2, -0.15) is 0 Å². The van der Waals surface area contributed by atoms with Gasteiger partial charge >= 0.3 is 11.6 Å². The summed E-state index contributed by atoms with van der Waals surface area (Å²) in [5.41, 5.74) is 0.739. The van der Waals surface area contributed by atoms with Crippen molar-refractivity contribution < 1.29 is 23.5 Å². The number of hydrogen-bond acceptors (Lipinski definition) is 6. The van der Waals surface area contributed by atoms with Gasteiger partial charge in [0, 0.05) is 17.5 Å². The number of nitrogens with one attached hydrogen (secondary N) is 1. The average molecular weight is 375 g/mol. The van der Waals surface area contributed by atoms with Crippen molar-refractivity contribution in [2.75, 3.05) is 7.11 Å². The minimum Gasteiger partial charge on any atom is -0.481 e. The first kappa shape index (κ1) is 20.5. The summed E-state index contributed by atoms with van der Waals surface area (Å²) in [5.74, 6) is -0.618. The van der Waals surface area contributed by atoms with Crippen LogP contribution in [-0.4, -0.2) is 31.1 Å². The molecule has 1 amide bonds. The lowest BCUT2D eigenvalue weighted by Gasteiger charge is -2.24. The van der Waals surface area contributed by atoms with Crippen molar-refractivity contribution in [3.8, 4) is 5.75 Å². The topological polar surface area (TPSA) is 94.8 Å². The van der Waals surface area contributed by atoms with E-state index < -0.39 is 29.6 Å². The molecule has 2 rings (SSSR count). The average Bonchev–Trinajstić information content (AvgIpc) is 2.64. The first-order chi connectivity index (χ1) is 12.8. The Hall–Kier alpha value is -2.83. The summed E-state index contributed by atoms with van der Waals surface area (Å²) in [6.45, 7) is 7.19. The molecule has 7 heteroatoms. The number of benzene rings is 1. The van der Waals surface area contributed by atoms with Crippen LogP contribution in [0.15, 0.2) is 33.5 Å². The highest BCUT2D eigenvalue weighted by Gasteiger charge is 2.29. The molecule has 7 nitrogen and oxygen atoms in total. The van der Waals surface area contributed by atoms with Crippen molar-refractivity contribution in [2.24, 2.45) is 5.92 Å². The Balaban J connectivity index is 2.14. The largest absolute Gasteiger partial charge is 0.481 e. The SMILES string of the molecule is CC[C@H](C)[C@@H](NC(=O)[C@H](C)Oc1ccc2c(C)cc(=O)oc2c1)C(=O)OC. The molecule has 1 N–H and O–H groups in total. The molecule has 1 heterocycles. The fourth-order valence-corrected chi connectivity index (χ4v) is 2.70. The van der Waals surface area contributed by atoms with E-state index in [9.17, 15) is 14.4 Å². The van der Waals surface area contributed by atoms with Gasteiger partial charge in [0.1, 0.15) is 17.4 Å². The zero-order chi connectivity index (χ0) is 20.1. The van der Waals surface area contributed by atoms with Gasteiger partial charge < -0.3 is 19.2 Å². The minimum atomic E-state index is -0.852. The third-order valence-corrected chi connectivity index (χ3v) is 4.57. The van der Waals surface area contributed by atoms with Crippen LogP contribution in [0.25, 0.3) is 11.0 Å². The molecule has 1 aromatic heterocycles. The van der Waals surface area contributed by atoms with Crippen molar-refractivity contribution in [3.63, 3.8) is 0 Å². The van der Waals surface area contributed by atoms with Crippen LogP contribution in [0.3, 0.4) is 0 Å². The lowest BCUT2D eigenvalue weighted by molar-refractivity contribution is -0.147. The van der Waals surface area contributed by atoms with Crippen LogP contribution in [0.1, 0.15) is 32.8 Å². The predicted octanol–water partition coefficient (Wildman–Crippen LogP) is 2.57. The van der Waals surface area contributed by atoms with Crippen molar-refractivity contribution in [1.29, 1.82) is 0 Å². The van der Waals surface area contributed by atoms with Crippen LogP contribution in [0.2, 0.25) is 0 Å². The minimum absolute atomic E-state index is 0.0773. The van der Waals surface area contributed by atoms with Gasteiger partial charge in [0.05, 0.1) is 7.11 Å². The molecular weight excluding hydrogens is 350 g/mol. The van der Waals surface area contributed by atoms with E-state index in [1.165, 1.54) is 13.2 Å². The molecule has 0 aliphatic heterocycles. The standard InChI is InChI=1S/C20H25NO6/c1-6-11(2)18(20(24)25-5)21-19(23)13(4)26-14-7-8-15-12(3)9-17(22)27-16(15)10-14/h7-11,13,18H,6H2,1-5H3,(H,21,23)/t11-,13-,18+/m0/s1. The first-order valence-corrected chi connectivity index (χ1v) is 8.86. The van der Waals surface area contributed by atoms with Gasteiger partial charge in [-0.3, -0.25) is 4.79 Å². The Morgan fingerprint density at radius 2 is 1.93 bits per heavy atom. The van der Waals surface area contributed by atoms with Crippen LogP contribution in [0.4, 0.5) is 0 Å². The van der Waals surface area contributed by atoms with E-state index in [0.29, 0.717) is 17.8 Å². The number of carbonyl (C=O) groups is 2. The Morgan fingerprint density at radius 3 is 2.56 bits per heavy atom. The smallest absolute Gasteiger partial charge is 0.336 e. The maximum atomic E-state index is 12.5. The van der Waals surface area contributed by atoms with E-state index in [0.717, 1.165) is 10.9 Å². The van der Waals surface area contributed by atoms with Crippen molar-refractivity contribution in [1.82, 2.24) is 5.32 Å². The Morgan fingerprint density at radius 1 is 1.22 bits per heavy atom. The number of rotatable bonds is 7. The molecule has 27 heavy (non-hydrogen) atoms. The summed E-state index contributed by atoms with van der Waals surface area (Å²) >= 11 is 0. The van der Waals surface area contributed by atoms with Gasteiger partial charge in [-0.05, 0) is 37.5 Å². The van der Waals surface area contributed by atoms with Gasteiger partial charge in [-0.15, -0.1) is 0 Å². The highest BCUT2D eigenvalue weighted by Crippen LogP contribution is 2.23. The summed E-state index contributed by atoms with van der Waals surface area (Å²) in [6, 6.07) is 5.71. The molecule has 0 spiro atoms. The van der Waals surface area contributed by atoms with Gasteiger partial charge in [-0.25, -0.2) is 9.59 Å². The van der Waals surface area contributed by atoms with E-state index in [1.54, 1.807) is 25.1 Å². The summed E-state index contributed by atoms with van der Waals surface area (Å²) < 4.78 is 15.6. The number of fused-ring (bicyclic) bond motifs is 1. The number of carbonyl (C=O) groups excluding carboxylic acids is 2. The number of aryl methyl sites for hydroxylation is 1. The zero-order valence-electron chi connectivity index (χ0n) is 16.2. The molecule has 1 aromatic carbocycles. The van der Waals surface area contributed by atoms with Gasteiger partial charge in [0.15, 0.2) is 6.10 Å². The molecule has 0 saturated carbocycles. The molecule has 146 valence electrons. The van der Waals surface area contributed by atoms with Crippen molar-refractivity contribution >= 4 is 22.8 Å². The third-order valence-electron chi connectivity index (χ3n) is 4.57. The van der Waals surface area contributed by atoms with Crippen molar-refractivity contribution in [3.05, 3.63) is 40.2 Å².